The van der Waals surface area contributed by atoms with Gasteiger partial charge in [0.1, 0.15) is 0 Å². The maximum Gasteiger partial charge on any atom is 0.239 e. The Labute approximate surface area is 118 Å². The summed E-state index contributed by atoms with van der Waals surface area (Å²) in [4.78, 5) is 23.8. The standard InChI is InChI=1S/C15H21N3O2/c1-2-9-17-13(19)10-18-14(20)15(7-8-15)11-3-5-12(16)6-4-11/h3-6H,2,7-10,16H2,1H3,(H,17,19)(H,18,20). The molecule has 0 saturated heterocycles. The van der Waals surface area contributed by atoms with Gasteiger partial charge in [-0.3, -0.25) is 9.59 Å². The van der Waals surface area contributed by atoms with Crippen LogP contribution in [-0.2, 0) is 15.0 Å². The van der Waals surface area contributed by atoms with Crippen molar-refractivity contribution in [2.24, 2.45) is 0 Å². The van der Waals surface area contributed by atoms with Gasteiger partial charge in [0.25, 0.3) is 0 Å². The van der Waals surface area contributed by atoms with Gasteiger partial charge in [-0.2, -0.15) is 0 Å². The number of nitrogen functional groups attached to an aromatic ring is 1. The van der Waals surface area contributed by atoms with Crippen LogP contribution in [0.5, 0.6) is 0 Å². The lowest BCUT2D eigenvalue weighted by molar-refractivity contribution is -0.127. The second-order valence-corrected chi connectivity index (χ2v) is 5.24. The molecule has 20 heavy (non-hydrogen) atoms. The van der Waals surface area contributed by atoms with E-state index in [9.17, 15) is 9.59 Å². The molecule has 0 atom stereocenters. The molecule has 2 rings (SSSR count). The van der Waals surface area contributed by atoms with E-state index in [0.717, 1.165) is 24.8 Å². The van der Waals surface area contributed by atoms with Crippen LogP contribution in [0.3, 0.4) is 0 Å². The topological polar surface area (TPSA) is 84.2 Å². The molecule has 1 fully saturated rings. The van der Waals surface area contributed by atoms with Gasteiger partial charge in [0.2, 0.25) is 11.8 Å². The summed E-state index contributed by atoms with van der Waals surface area (Å²) < 4.78 is 0. The molecule has 0 radical (unpaired) electrons. The Morgan fingerprint density at radius 2 is 1.85 bits per heavy atom. The number of nitrogens with one attached hydrogen (secondary N) is 2. The Morgan fingerprint density at radius 3 is 2.40 bits per heavy atom. The maximum atomic E-state index is 12.3. The minimum absolute atomic E-state index is 0.0373. The molecule has 0 bridgehead atoms. The fourth-order valence-electron chi connectivity index (χ4n) is 2.23. The zero-order chi connectivity index (χ0) is 14.6. The van der Waals surface area contributed by atoms with E-state index >= 15 is 0 Å². The second kappa shape index (κ2) is 5.94. The number of carbonyl (C=O) groups is 2. The molecular weight excluding hydrogens is 254 g/mol. The van der Waals surface area contributed by atoms with Crippen molar-refractivity contribution in [3.63, 3.8) is 0 Å². The molecule has 0 aromatic heterocycles. The molecule has 1 aromatic rings. The normalized spacial score (nSPS) is 15.4. The van der Waals surface area contributed by atoms with E-state index in [-0.39, 0.29) is 18.4 Å². The highest BCUT2D eigenvalue weighted by Crippen LogP contribution is 2.48. The van der Waals surface area contributed by atoms with Gasteiger partial charge in [-0.05, 0) is 37.0 Å². The van der Waals surface area contributed by atoms with Crippen LogP contribution in [0.4, 0.5) is 5.69 Å². The molecule has 0 aliphatic heterocycles. The van der Waals surface area contributed by atoms with Gasteiger partial charge in [-0.1, -0.05) is 19.1 Å². The van der Waals surface area contributed by atoms with Gasteiger partial charge in [0.05, 0.1) is 12.0 Å². The number of amides is 2. The number of anilines is 1. The van der Waals surface area contributed by atoms with Crippen LogP contribution < -0.4 is 16.4 Å². The third-order valence-corrected chi connectivity index (χ3v) is 3.63. The van der Waals surface area contributed by atoms with Crippen LogP contribution in [0.2, 0.25) is 0 Å². The van der Waals surface area contributed by atoms with Gasteiger partial charge >= 0.3 is 0 Å². The van der Waals surface area contributed by atoms with Gasteiger partial charge < -0.3 is 16.4 Å². The van der Waals surface area contributed by atoms with E-state index in [1.54, 1.807) is 12.1 Å². The van der Waals surface area contributed by atoms with Crippen molar-refractivity contribution in [1.82, 2.24) is 10.6 Å². The summed E-state index contributed by atoms with van der Waals surface area (Å²) in [5.41, 5.74) is 6.85. The number of nitrogens with two attached hydrogens (primary N) is 1. The number of benzene rings is 1. The van der Waals surface area contributed by atoms with Crippen molar-refractivity contribution >= 4 is 17.5 Å². The first-order valence-corrected chi connectivity index (χ1v) is 6.99. The highest BCUT2D eigenvalue weighted by Gasteiger charge is 2.51. The summed E-state index contributed by atoms with van der Waals surface area (Å²) in [6.45, 7) is 2.66. The smallest absolute Gasteiger partial charge is 0.239 e. The predicted molar refractivity (Wildman–Crippen MR) is 78.1 cm³/mol. The third kappa shape index (κ3) is 3.10. The molecule has 108 valence electrons. The molecule has 2 amide bonds. The highest BCUT2D eigenvalue weighted by molar-refractivity contribution is 5.94. The van der Waals surface area contributed by atoms with Crippen molar-refractivity contribution < 1.29 is 9.59 Å². The predicted octanol–water partition coefficient (Wildman–Crippen LogP) is 0.943. The molecular formula is C15H21N3O2. The van der Waals surface area contributed by atoms with Crippen LogP contribution in [0.1, 0.15) is 31.7 Å². The van der Waals surface area contributed by atoms with Crippen LogP contribution >= 0.6 is 0 Å². The molecule has 5 heteroatoms. The van der Waals surface area contributed by atoms with Crippen molar-refractivity contribution in [3.8, 4) is 0 Å². The van der Waals surface area contributed by atoms with Crippen molar-refractivity contribution in [1.29, 1.82) is 0 Å². The number of carbonyl (C=O) groups excluding carboxylic acids is 2. The van der Waals surface area contributed by atoms with Crippen LogP contribution in [0, 0.1) is 0 Å². The van der Waals surface area contributed by atoms with Crippen molar-refractivity contribution in [3.05, 3.63) is 29.8 Å². The van der Waals surface area contributed by atoms with Gasteiger partial charge in [0, 0.05) is 12.2 Å². The lowest BCUT2D eigenvalue weighted by Crippen LogP contribution is -2.41. The van der Waals surface area contributed by atoms with E-state index in [2.05, 4.69) is 10.6 Å². The molecule has 0 unspecified atom stereocenters. The van der Waals surface area contributed by atoms with E-state index in [4.69, 9.17) is 5.73 Å². The SMILES string of the molecule is CCCNC(=O)CNC(=O)C1(c2ccc(N)cc2)CC1. The fraction of sp³-hybridized carbons (Fsp3) is 0.467. The Bertz CT molecular complexity index is 492. The molecule has 0 heterocycles. The summed E-state index contributed by atoms with van der Waals surface area (Å²) in [5.74, 6) is -0.220. The van der Waals surface area contributed by atoms with Crippen molar-refractivity contribution in [2.45, 2.75) is 31.6 Å². The van der Waals surface area contributed by atoms with E-state index < -0.39 is 5.41 Å². The summed E-state index contributed by atoms with van der Waals surface area (Å²) in [7, 11) is 0. The maximum absolute atomic E-state index is 12.3. The Kier molecular flexibility index (Phi) is 4.27. The van der Waals surface area contributed by atoms with E-state index in [1.165, 1.54) is 0 Å². The molecule has 1 aromatic carbocycles. The number of rotatable bonds is 6. The summed E-state index contributed by atoms with van der Waals surface area (Å²) in [5, 5.41) is 5.46. The third-order valence-electron chi connectivity index (χ3n) is 3.63. The number of hydrogen-bond donors (Lipinski definition) is 3. The Hall–Kier alpha value is -2.04. The first kappa shape index (κ1) is 14.4. The fourth-order valence-corrected chi connectivity index (χ4v) is 2.23. The van der Waals surface area contributed by atoms with E-state index in [0.29, 0.717) is 12.2 Å². The molecule has 1 saturated carbocycles. The quantitative estimate of drug-likeness (QED) is 0.676. The molecule has 4 N–H and O–H groups in total. The average molecular weight is 275 g/mol. The minimum atomic E-state index is -0.460. The summed E-state index contributed by atoms with van der Waals surface area (Å²) in [6.07, 6.45) is 2.52. The molecule has 1 aliphatic rings. The molecule has 1 aliphatic carbocycles. The lowest BCUT2D eigenvalue weighted by atomic mass is 9.95. The summed E-state index contributed by atoms with van der Waals surface area (Å²) >= 11 is 0. The monoisotopic (exact) mass is 275 g/mol. The molecule has 5 nitrogen and oxygen atoms in total. The van der Waals surface area contributed by atoms with E-state index in [1.807, 2.05) is 19.1 Å². The van der Waals surface area contributed by atoms with Gasteiger partial charge in [-0.25, -0.2) is 0 Å². The zero-order valence-electron chi connectivity index (χ0n) is 11.7. The average Bonchev–Trinajstić information content (AvgIpc) is 3.25. The first-order valence-electron chi connectivity index (χ1n) is 6.99. The number of hydrogen-bond acceptors (Lipinski definition) is 3. The zero-order valence-corrected chi connectivity index (χ0v) is 11.7. The van der Waals surface area contributed by atoms with Gasteiger partial charge in [0.15, 0.2) is 0 Å². The minimum Gasteiger partial charge on any atom is -0.399 e. The van der Waals surface area contributed by atoms with Gasteiger partial charge in [-0.15, -0.1) is 0 Å². The van der Waals surface area contributed by atoms with Crippen molar-refractivity contribution in [2.75, 3.05) is 18.8 Å². The Balaban J connectivity index is 1.92. The molecule has 0 spiro atoms. The first-order chi connectivity index (χ1) is 9.58. The highest BCUT2D eigenvalue weighted by atomic mass is 16.2. The van der Waals surface area contributed by atoms with Crippen LogP contribution in [0.25, 0.3) is 0 Å². The second-order valence-electron chi connectivity index (χ2n) is 5.24. The summed E-state index contributed by atoms with van der Waals surface area (Å²) in [6, 6.07) is 7.38. The lowest BCUT2D eigenvalue weighted by Gasteiger charge is -2.15. The van der Waals surface area contributed by atoms with Crippen LogP contribution in [-0.4, -0.2) is 24.9 Å². The Morgan fingerprint density at radius 1 is 1.20 bits per heavy atom. The largest absolute Gasteiger partial charge is 0.399 e. The van der Waals surface area contributed by atoms with Crippen LogP contribution in [0.15, 0.2) is 24.3 Å².